The summed E-state index contributed by atoms with van der Waals surface area (Å²) in [7, 11) is 0. The zero-order valence-corrected chi connectivity index (χ0v) is 16.2. The van der Waals surface area contributed by atoms with Crippen LogP contribution in [0.5, 0.6) is 0 Å². The lowest BCUT2D eigenvalue weighted by Gasteiger charge is -2.14. The number of aromatic amines is 1. The Bertz CT molecular complexity index is 1020. The highest BCUT2D eigenvalue weighted by Gasteiger charge is 2.18. The van der Waals surface area contributed by atoms with Gasteiger partial charge in [0.2, 0.25) is 5.91 Å². The Labute approximate surface area is 163 Å². The van der Waals surface area contributed by atoms with Gasteiger partial charge >= 0.3 is 0 Å². The van der Waals surface area contributed by atoms with Gasteiger partial charge in [-0.2, -0.15) is 0 Å². The summed E-state index contributed by atoms with van der Waals surface area (Å²) in [6.45, 7) is 1.70. The summed E-state index contributed by atoms with van der Waals surface area (Å²) in [5, 5.41) is 2.39. The van der Waals surface area contributed by atoms with Crippen molar-refractivity contribution in [3.8, 4) is 11.1 Å². The van der Waals surface area contributed by atoms with Crippen LogP contribution in [0.1, 0.15) is 18.7 Å². The van der Waals surface area contributed by atoms with Gasteiger partial charge in [-0.3, -0.25) is 9.59 Å². The van der Waals surface area contributed by atoms with Crippen LogP contribution in [0.3, 0.4) is 0 Å². The van der Waals surface area contributed by atoms with Crippen molar-refractivity contribution >= 4 is 39.2 Å². The number of carbonyl (C=O) groups is 1. The van der Waals surface area contributed by atoms with Gasteiger partial charge in [-0.05, 0) is 30.5 Å². The van der Waals surface area contributed by atoms with E-state index in [1.54, 1.807) is 12.1 Å². The second-order valence-corrected chi connectivity index (χ2v) is 8.27. The number of likely N-dealkylation sites (tertiary alicyclic amines) is 1. The van der Waals surface area contributed by atoms with Gasteiger partial charge in [0.05, 0.1) is 16.9 Å². The van der Waals surface area contributed by atoms with E-state index in [1.807, 2.05) is 10.3 Å². The Hall–Kier alpha value is -2.19. The standard InChI is InChI=1S/C19H18FN3O2S2/c20-13-5-3-12(4-6-13)14-9-27-19-17(14)18(25)21-15(22-19)10-26-11-16(24)23-7-1-2-8-23/h3-6,9H,1-2,7-8,10-11H2,(H,21,22,25). The molecule has 0 bridgehead atoms. The monoisotopic (exact) mass is 403 g/mol. The second-order valence-electron chi connectivity index (χ2n) is 6.43. The second kappa shape index (κ2) is 7.82. The number of H-pyrrole nitrogens is 1. The number of carbonyl (C=O) groups excluding carboxylic acids is 1. The van der Waals surface area contributed by atoms with Crippen molar-refractivity contribution in [1.29, 1.82) is 0 Å². The van der Waals surface area contributed by atoms with Crippen molar-refractivity contribution in [3.63, 3.8) is 0 Å². The summed E-state index contributed by atoms with van der Waals surface area (Å²) < 4.78 is 13.1. The van der Waals surface area contributed by atoms with Crippen molar-refractivity contribution < 1.29 is 9.18 Å². The highest BCUT2D eigenvalue weighted by atomic mass is 32.2. The van der Waals surface area contributed by atoms with Crippen LogP contribution in [0.2, 0.25) is 0 Å². The molecule has 1 aliphatic heterocycles. The minimum Gasteiger partial charge on any atom is -0.342 e. The maximum absolute atomic E-state index is 13.1. The van der Waals surface area contributed by atoms with Crippen LogP contribution in [0.4, 0.5) is 4.39 Å². The van der Waals surface area contributed by atoms with Crippen LogP contribution < -0.4 is 5.56 Å². The molecule has 1 amide bonds. The minimum absolute atomic E-state index is 0.149. The summed E-state index contributed by atoms with van der Waals surface area (Å²) in [6, 6.07) is 6.07. The number of nitrogens with one attached hydrogen (secondary N) is 1. The van der Waals surface area contributed by atoms with E-state index in [2.05, 4.69) is 9.97 Å². The molecule has 1 saturated heterocycles. The Morgan fingerprint density at radius 3 is 2.74 bits per heavy atom. The van der Waals surface area contributed by atoms with Gasteiger partial charge in [0.15, 0.2) is 0 Å². The van der Waals surface area contributed by atoms with Crippen molar-refractivity contribution in [2.24, 2.45) is 0 Å². The third kappa shape index (κ3) is 3.91. The summed E-state index contributed by atoms with van der Waals surface area (Å²) in [4.78, 5) is 34.6. The quantitative estimate of drug-likeness (QED) is 0.706. The smallest absolute Gasteiger partial charge is 0.260 e. The fourth-order valence-electron chi connectivity index (χ4n) is 3.20. The van der Waals surface area contributed by atoms with Gasteiger partial charge in [0, 0.05) is 24.0 Å². The molecule has 0 radical (unpaired) electrons. The first-order chi connectivity index (χ1) is 13.1. The lowest BCUT2D eigenvalue weighted by molar-refractivity contribution is -0.127. The molecule has 1 fully saturated rings. The van der Waals surface area contributed by atoms with Gasteiger partial charge in [0.1, 0.15) is 16.5 Å². The van der Waals surface area contributed by atoms with Crippen LogP contribution in [0.25, 0.3) is 21.3 Å². The van der Waals surface area contributed by atoms with E-state index in [4.69, 9.17) is 0 Å². The van der Waals surface area contributed by atoms with Crippen LogP contribution in [-0.4, -0.2) is 39.6 Å². The number of halogens is 1. The molecular weight excluding hydrogens is 385 g/mol. The van der Waals surface area contributed by atoms with E-state index in [-0.39, 0.29) is 17.3 Å². The minimum atomic E-state index is -0.312. The Balaban J connectivity index is 1.50. The zero-order chi connectivity index (χ0) is 18.8. The molecule has 140 valence electrons. The number of hydrogen-bond acceptors (Lipinski definition) is 5. The average Bonchev–Trinajstić information content (AvgIpc) is 3.32. The topological polar surface area (TPSA) is 66.1 Å². The number of rotatable bonds is 5. The Kier molecular flexibility index (Phi) is 5.27. The molecule has 3 aromatic rings. The molecule has 1 N–H and O–H groups in total. The first-order valence-corrected chi connectivity index (χ1v) is 10.8. The molecule has 1 aliphatic rings. The molecule has 5 nitrogen and oxygen atoms in total. The largest absolute Gasteiger partial charge is 0.342 e. The fourth-order valence-corrected chi connectivity index (χ4v) is 4.95. The van der Waals surface area contributed by atoms with Crippen molar-refractivity contribution in [3.05, 3.63) is 51.6 Å². The average molecular weight is 404 g/mol. The Morgan fingerprint density at radius 1 is 1.26 bits per heavy atom. The lowest BCUT2D eigenvalue weighted by atomic mass is 10.1. The fraction of sp³-hybridized carbons (Fsp3) is 0.316. The SMILES string of the molecule is O=C(CSCc1nc2scc(-c3ccc(F)cc3)c2c(=O)[nH]1)N1CCCC1. The number of aromatic nitrogens is 2. The summed E-state index contributed by atoms with van der Waals surface area (Å²) in [5.74, 6) is 1.28. The van der Waals surface area contributed by atoms with Crippen LogP contribution in [0, 0.1) is 5.82 Å². The summed E-state index contributed by atoms with van der Waals surface area (Å²) in [6.07, 6.45) is 2.16. The first-order valence-electron chi connectivity index (χ1n) is 8.73. The number of nitrogens with zero attached hydrogens (tertiary/aromatic N) is 2. The highest BCUT2D eigenvalue weighted by molar-refractivity contribution is 7.99. The molecule has 0 saturated carbocycles. The van der Waals surface area contributed by atoms with Crippen LogP contribution in [0.15, 0.2) is 34.4 Å². The normalized spacial score (nSPS) is 14.2. The molecule has 1 aromatic carbocycles. The van der Waals surface area contributed by atoms with Crippen molar-refractivity contribution in [2.45, 2.75) is 18.6 Å². The third-order valence-electron chi connectivity index (χ3n) is 4.57. The molecule has 27 heavy (non-hydrogen) atoms. The van der Waals surface area contributed by atoms with E-state index in [0.717, 1.165) is 37.1 Å². The molecular formula is C19H18FN3O2S2. The summed E-state index contributed by atoms with van der Waals surface area (Å²) >= 11 is 2.85. The molecule has 2 aromatic heterocycles. The number of thioether (sulfide) groups is 1. The van der Waals surface area contributed by atoms with E-state index >= 15 is 0 Å². The predicted molar refractivity (Wildman–Crippen MR) is 108 cm³/mol. The lowest BCUT2D eigenvalue weighted by Crippen LogP contribution is -2.29. The van der Waals surface area contributed by atoms with Gasteiger partial charge in [-0.15, -0.1) is 23.1 Å². The number of benzene rings is 1. The number of thiophene rings is 1. The predicted octanol–water partition coefficient (Wildman–Crippen LogP) is 3.65. The maximum atomic E-state index is 13.1. The summed E-state index contributed by atoms with van der Waals surface area (Å²) in [5.41, 5.74) is 1.34. The van der Waals surface area contributed by atoms with E-state index in [0.29, 0.717) is 27.5 Å². The first kappa shape index (κ1) is 18.2. The third-order valence-corrected chi connectivity index (χ3v) is 6.37. The molecule has 3 heterocycles. The van der Waals surface area contributed by atoms with Crippen molar-refractivity contribution in [2.75, 3.05) is 18.8 Å². The Morgan fingerprint density at radius 2 is 2.00 bits per heavy atom. The van der Waals surface area contributed by atoms with Gasteiger partial charge in [0.25, 0.3) is 5.56 Å². The van der Waals surface area contributed by atoms with Crippen LogP contribution in [-0.2, 0) is 10.5 Å². The highest BCUT2D eigenvalue weighted by Crippen LogP contribution is 2.31. The molecule has 0 spiro atoms. The zero-order valence-electron chi connectivity index (χ0n) is 14.5. The number of hydrogen-bond donors (Lipinski definition) is 1. The molecule has 0 atom stereocenters. The number of amides is 1. The van der Waals surface area contributed by atoms with Crippen LogP contribution >= 0.6 is 23.1 Å². The van der Waals surface area contributed by atoms with E-state index in [9.17, 15) is 14.0 Å². The van der Waals surface area contributed by atoms with E-state index < -0.39 is 0 Å². The van der Waals surface area contributed by atoms with Gasteiger partial charge in [-0.1, -0.05) is 12.1 Å². The molecule has 0 aliphatic carbocycles. The maximum Gasteiger partial charge on any atom is 0.260 e. The van der Waals surface area contributed by atoms with E-state index in [1.165, 1.54) is 35.2 Å². The van der Waals surface area contributed by atoms with Gasteiger partial charge < -0.3 is 9.88 Å². The number of fused-ring (bicyclic) bond motifs is 1. The molecule has 8 heteroatoms. The van der Waals surface area contributed by atoms with Crippen molar-refractivity contribution in [1.82, 2.24) is 14.9 Å². The van der Waals surface area contributed by atoms with Gasteiger partial charge in [-0.25, -0.2) is 9.37 Å². The molecule has 0 unspecified atom stereocenters. The molecule has 4 rings (SSSR count).